The van der Waals surface area contributed by atoms with Gasteiger partial charge in [-0.05, 0) is 26.3 Å². The fourth-order valence-corrected chi connectivity index (χ4v) is 2.39. The Morgan fingerprint density at radius 3 is 2.89 bits per heavy atom. The first-order chi connectivity index (χ1) is 9.19. The molecule has 0 bridgehead atoms. The number of nitrogens with zero attached hydrogens (tertiary/aromatic N) is 3. The number of aryl methyl sites for hydroxylation is 1. The van der Waals surface area contributed by atoms with E-state index in [0.29, 0.717) is 5.95 Å². The minimum absolute atomic E-state index is 0.146. The smallest absolute Gasteiger partial charge is 0.224 e. The summed E-state index contributed by atoms with van der Waals surface area (Å²) in [5.74, 6) is 1.48. The Morgan fingerprint density at radius 1 is 1.37 bits per heavy atom. The summed E-state index contributed by atoms with van der Waals surface area (Å²) in [5, 5.41) is 7.59. The van der Waals surface area contributed by atoms with Gasteiger partial charge in [-0.15, -0.1) is 11.3 Å². The van der Waals surface area contributed by atoms with E-state index in [9.17, 15) is 0 Å². The molecule has 0 aliphatic carbocycles. The molecule has 0 aromatic carbocycles. The van der Waals surface area contributed by atoms with Crippen molar-refractivity contribution in [3.63, 3.8) is 0 Å². The lowest BCUT2D eigenvalue weighted by atomic mass is 10.3. The van der Waals surface area contributed by atoms with E-state index < -0.39 is 0 Å². The molecular weight excluding hydrogens is 258 g/mol. The third kappa shape index (κ3) is 3.89. The first-order valence-corrected chi connectivity index (χ1v) is 7.26. The molecule has 5 nitrogen and oxygen atoms in total. The fraction of sp³-hybridized carbons (Fsp3) is 0.462. The van der Waals surface area contributed by atoms with Crippen molar-refractivity contribution in [2.75, 3.05) is 17.2 Å². The zero-order valence-corrected chi connectivity index (χ0v) is 12.3. The molecule has 0 spiro atoms. The molecule has 0 saturated carbocycles. The number of thiazole rings is 1. The third-order valence-corrected chi connectivity index (χ3v) is 3.66. The Kier molecular flexibility index (Phi) is 4.68. The molecule has 2 heterocycles. The van der Waals surface area contributed by atoms with Crippen LogP contribution in [-0.2, 0) is 0 Å². The lowest BCUT2D eigenvalue weighted by Crippen LogP contribution is -2.10. The molecule has 2 aromatic heterocycles. The summed E-state index contributed by atoms with van der Waals surface area (Å²) in [4.78, 5) is 14.2. The van der Waals surface area contributed by atoms with Gasteiger partial charge < -0.3 is 10.6 Å². The summed E-state index contributed by atoms with van der Waals surface area (Å²) >= 11 is 1.70. The number of rotatable bonds is 6. The Hall–Kier alpha value is -1.69. The van der Waals surface area contributed by atoms with E-state index in [4.69, 9.17) is 0 Å². The highest BCUT2D eigenvalue weighted by Gasteiger charge is 2.10. The van der Waals surface area contributed by atoms with Gasteiger partial charge in [0.2, 0.25) is 5.95 Å². The largest absolute Gasteiger partial charge is 0.361 e. The minimum atomic E-state index is 0.146. The first-order valence-electron chi connectivity index (χ1n) is 6.45. The van der Waals surface area contributed by atoms with Crippen LogP contribution in [0.3, 0.4) is 0 Å². The molecule has 2 rings (SSSR count). The van der Waals surface area contributed by atoms with E-state index >= 15 is 0 Å². The summed E-state index contributed by atoms with van der Waals surface area (Å²) in [6.07, 6.45) is 4.70. The lowest BCUT2D eigenvalue weighted by Gasteiger charge is -2.12. The maximum atomic E-state index is 4.43. The molecule has 0 aliphatic rings. The van der Waals surface area contributed by atoms with Gasteiger partial charge in [-0.25, -0.2) is 9.97 Å². The Morgan fingerprint density at radius 2 is 2.21 bits per heavy atom. The van der Waals surface area contributed by atoms with Crippen molar-refractivity contribution < 1.29 is 0 Å². The highest BCUT2D eigenvalue weighted by molar-refractivity contribution is 7.11. The molecule has 2 N–H and O–H groups in total. The third-order valence-electron chi connectivity index (χ3n) is 2.56. The van der Waals surface area contributed by atoms with Crippen molar-refractivity contribution in [2.24, 2.45) is 0 Å². The molecule has 102 valence electrons. The fourth-order valence-electron chi connectivity index (χ4n) is 1.62. The van der Waals surface area contributed by atoms with E-state index in [1.165, 1.54) is 4.88 Å². The van der Waals surface area contributed by atoms with Gasteiger partial charge in [-0.3, -0.25) is 0 Å². The Labute approximate surface area is 117 Å². The maximum Gasteiger partial charge on any atom is 0.224 e. The standard InChI is InChI=1S/C13H19N5S/c1-4-6-14-13-15-7-5-11(18-13)17-10(3)12-16-8-9(2)19-12/h5,7-8,10H,4,6H2,1-3H3,(H2,14,15,17,18). The van der Waals surface area contributed by atoms with Gasteiger partial charge in [0.05, 0.1) is 6.04 Å². The molecule has 1 unspecified atom stereocenters. The predicted octanol–water partition coefficient (Wildman–Crippen LogP) is 3.24. The van der Waals surface area contributed by atoms with E-state index in [1.807, 2.05) is 12.3 Å². The van der Waals surface area contributed by atoms with E-state index in [-0.39, 0.29) is 6.04 Å². The number of nitrogens with one attached hydrogen (secondary N) is 2. The van der Waals surface area contributed by atoms with E-state index in [2.05, 4.69) is 46.4 Å². The second-order valence-corrected chi connectivity index (χ2v) is 5.63. The first kappa shape index (κ1) is 13.7. The molecule has 6 heteroatoms. The molecule has 1 atom stereocenters. The van der Waals surface area contributed by atoms with Gasteiger partial charge >= 0.3 is 0 Å². The van der Waals surface area contributed by atoms with Crippen LogP contribution in [0.25, 0.3) is 0 Å². The van der Waals surface area contributed by atoms with Crippen molar-refractivity contribution in [3.05, 3.63) is 28.3 Å². The molecular formula is C13H19N5S. The van der Waals surface area contributed by atoms with Crippen LogP contribution in [0.15, 0.2) is 18.5 Å². The van der Waals surface area contributed by atoms with E-state index in [0.717, 1.165) is 23.8 Å². The topological polar surface area (TPSA) is 62.7 Å². The average molecular weight is 277 g/mol. The van der Waals surface area contributed by atoms with Gasteiger partial charge in [0.25, 0.3) is 0 Å². The predicted molar refractivity (Wildman–Crippen MR) is 79.7 cm³/mol. The average Bonchev–Trinajstić information content (AvgIpc) is 2.83. The van der Waals surface area contributed by atoms with Crippen LogP contribution in [-0.4, -0.2) is 21.5 Å². The summed E-state index contributed by atoms with van der Waals surface area (Å²) < 4.78 is 0. The molecule has 0 fully saturated rings. The highest BCUT2D eigenvalue weighted by Crippen LogP contribution is 2.22. The number of aromatic nitrogens is 3. The zero-order chi connectivity index (χ0) is 13.7. The molecule has 2 aromatic rings. The normalized spacial score (nSPS) is 12.2. The maximum absolute atomic E-state index is 4.43. The van der Waals surface area contributed by atoms with Gasteiger partial charge in [0.1, 0.15) is 10.8 Å². The van der Waals surface area contributed by atoms with Crippen molar-refractivity contribution in [1.29, 1.82) is 0 Å². The second kappa shape index (κ2) is 6.47. The van der Waals surface area contributed by atoms with Crippen molar-refractivity contribution in [1.82, 2.24) is 15.0 Å². The molecule has 19 heavy (non-hydrogen) atoms. The van der Waals surface area contributed by atoms with Crippen LogP contribution in [0.1, 0.15) is 36.2 Å². The van der Waals surface area contributed by atoms with E-state index in [1.54, 1.807) is 17.5 Å². The van der Waals surface area contributed by atoms with Crippen LogP contribution >= 0.6 is 11.3 Å². The monoisotopic (exact) mass is 277 g/mol. The highest BCUT2D eigenvalue weighted by atomic mass is 32.1. The van der Waals surface area contributed by atoms with Crippen LogP contribution < -0.4 is 10.6 Å². The van der Waals surface area contributed by atoms with Gasteiger partial charge in [0, 0.05) is 23.8 Å². The number of anilines is 2. The summed E-state index contributed by atoms with van der Waals surface area (Å²) in [7, 11) is 0. The van der Waals surface area contributed by atoms with Gasteiger partial charge in [0.15, 0.2) is 0 Å². The van der Waals surface area contributed by atoms with Crippen molar-refractivity contribution >= 4 is 23.1 Å². The van der Waals surface area contributed by atoms with Gasteiger partial charge in [-0.1, -0.05) is 6.92 Å². The minimum Gasteiger partial charge on any atom is -0.361 e. The lowest BCUT2D eigenvalue weighted by molar-refractivity contribution is 0.857. The second-order valence-electron chi connectivity index (χ2n) is 4.37. The SMILES string of the molecule is CCCNc1nccc(NC(C)c2ncc(C)s2)n1. The summed E-state index contributed by atoms with van der Waals surface area (Å²) in [6.45, 7) is 7.14. The van der Waals surface area contributed by atoms with Crippen molar-refractivity contribution in [2.45, 2.75) is 33.2 Å². The number of hydrogen-bond acceptors (Lipinski definition) is 6. The van der Waals surface area contributed by atoms with Crippen molar-refractivity contribution in [3.8, 4) is 0 Å². The van der Waals surface area contributed by atoms with Crippen LogP contribution in [0, 0.1) is 6.92 Å². The van der Waals surface area contributed by atoms with Crippen LogP contribution in [0.5, 0.6) is 0 Å². The Balaban J connectivity index is 2.02. The molecule has 0 amide bonds. The molecule has 0 saturated heterocycles. The molecule has 0 radical (unpaired) electrons. The molecule has 0 aliphatic heterocycles. The van der Waals surface area contributed by atoms with Crippen LogP contribution in [0.4, 0.5) is 11.8 Å². The van der Waals surface area contributed by atoms with Crippen LogP contribution in [0.2, 0.25) is 0 Å². The zero-order valence-electron chi connectivity index (χ0n) is 11.5. The quantitative estimate of drug-likeness (QED) is 0.848. The Bertz CT molecular complexity index is 525. The van der Waals surface area contributed by atoms with Gasteiger partial charge in [-0.2, -0.15) is 4.98 Å². The summed E-state index contributed by atoms with van der Waals surface area (Å²) in [5.41, 5.74) is 0. The number of hydrogen-bond donors (Lipinski definition) is 2. The summed E-state index contributed by atoms with van der Waals surface area (Å²) in [6, 6.07) is 2.02.